The number of aromatic nitrogens is 2. The quantitative estimate of drug-likeness (QED) is 0.643. The number of halogens is 3. The fourth-order valence-corrected chi connectivity index (χ4v) is 3.34. The van der Waals surface area contributed by atoms with Crippen LogP contribution < -0.4 is 5.73 Å². The molecular formula is C18H14F3N3O4S. The maximum Gasteiger partial charge on any atom is 0.435 e. The van der Waals surface area contributed by atoms with Crippen molar-refractivity contribution < 1.29 is 30.6 Å². The lowest BCUT2D eigenvalue weighted by atomic mass is 10.1. The Hall–Kier alpha value is -3.34. The van der Waals surface area contributed by atoms with Gasteiger partial charge in [0.25, 0.3) is 0 Å². The molecule has 0 atom stereocenters. The van der Waals surface area contributed by atoms with Crippen LogP contribution in [0.15, 0.2) is 59.5 Å². The molecule has 0 saturated carbocycles. The maximum atomic E-state index is 13.2. The van der Waals surface area contributed by atoms with Crippen LogP contribution in [0.1, 0.15) is 11.3 Å². The summed E-state index contributed by atoms with van der Waals surface area (Å²) in [7, 11) is -4.43. The average molecular weight is 425 g/mol. The molecule has 7 nitrogen and oxygen atoms in total. The molecule has 1 heterocycles. The molecule has 0 spiro atoms. The van der Waals surface area contributed by atoms with E-state index < -0.39 is 28.1 Å². The van der Waals surface area contributed by atoms with Crippen LogP contribution in [0.3, 0.4) is 0 Å². The summed E-state index contributed by atoms with van der Waals surface area (Å²) in [6.07, 6.45) is -6.17. The lowest BCUT2D eigenvalue weighted by Crippen LogP contribution is -2.18. The van der Waals surface area contributed by atoms with Gasteiger partial charge in [0.2, 0.25) is 0 Å². The molecule has 29 heavy (non-hydrogen) atoms. The van der Waals surface area contributed by atoms with Gasteiger partial charge in [-0.3, -0.25) is 0 Å². The number of nitrogens with zero attached hydrogens (tertiary/aromatic N) is 2. The summed E-state index contributed by atoms with van der Waals surface area (Å²) < 4.78 is 68.4. The number of benzene rings is 2. The summed E-state index contributed by atoms with van der Waals surface area (Å²) in [6.45, 7) is 1.84. The van der Waals surface area contributed by atoms with Crippen molar-refractivity contribution in [3.05, 3.63) is 65.9 Å². The zero-order valence-corrected chi connectivity index (χ0v) is 15.7. The van der Waals surface area contributed by atoms with Crippen molar-refractivity contribution in [1.29, 1.82) is 0 Å². The van der Waals surface area contributed by atoms with E-state index in [-0.39, 0.29) is 16.3 Å². The summed E-state index contributed by atoms with van der Waals surface area (Å²) in [5.41, 5.74) is 5.39. The zero-order valence-electron chi connectivity index (χ0n) is 14.8. The predicted octanol–water partition coefficient (Wildman–Crippen LogP) is 3.65. The normalized spacial score (nSPS) is 12.0. The molecule has 11 heteroatoms. The first-order valence-corrected chi connectivity index (χ1v) is 9.47. The molecule has 0 aliphatic carbocycles. The van der Waals surface area contributed by atoms with Gasteiger partial charge in [-0.05, 0) is 37.3 Å². The highest BCUT2D eigenvalue weighted by Gasteiger charge is 2.35. The number of nitrogens with two attached hydrogens (primary N) is 1. The number of rotatable bonds is 4. The van der Waals surface area contributed by atoms with Crippen molar-refractivity contribution in [3.63, 3.8) is 0 Å². The van der Waals surface area contributed by atoms with Gasteiger partial charge in [-0.1, -0.05) is 29.8 Å². The highest BCUT2D eigenvalue weighted by Crippen LogP contribution is 2.33. The fraction of sp³-hybridized carbons (Fsp3) is 0.111. The van der Waals surface area contributed by atoms with E-state index in [1.165, 1.54) is 12.1 Å². The Morgan fingerprint density at radius 3 is 2.17 bits per heavy atom. The van der Waals surface area contributed by atoms with Gasteiger partial charge in [0, 0.05) is 5.56 Å². The highest BCUT2D eigenvalue weighted by molar-refractivity contribution is 7.87. The van der Waals surface area contributed by atoms with Crippen molar-refractivity contribution in [1.82, 2.24) is 9.78 Å². The van der Waals surface area contributed by atoms with Crippen LogP contribution in [0.2, 0.25) is 0 Å². The number of alkyl halides is 3. The van der Waals surface area contributed by atoms with Crippen LogP contribution in [0.5, 0.6) is 0 Å². The topological polar surface area (TPSA) is 104 Å². The van der Waals surface area contributed by atoms with E-state index in [2.05, 4.69) is 9.28 Å². The van der Waals surface area contributed by atoms with Crippen LogP contribution in [-0.4, -0.2) is 24.3 Å². The molecule has 0 unspecified atom stereocenters. The third-order valence-corrected chi connectivity index (χ3v) is 5.14. The fourth-order valence-electron chi connectivity index (χ4n) is 2.56. The van der Waals surface area contributed by atoms with E-state index in [0.717, 1.165) is 28.4 Å². The molecule has 3 rings (SSSR count). The minimum Gasteiger partial charge on any atom is -0.334 e. The van der Waals surface area contributed by atoms with E-state index in [4.69, 9.17) is 5.73 Å². The van der Waals surface area contributed by atoms with E-state index in [1.54, 1.807) is 24.3 Å². The minimum absolute atomic E-state index is 0.168. The average Bonchev–Trinajstić information content (AvgIpc) is 3.07. The monoisotopic (exact) mass is 425 g/mol. The molecule has 0 aliphatic rings. The molecule has 152 valence electrons. The van der Waals surface area contributed by atoms with Gasteiger partial charge in [0.1, 0.15) is 4.90 Å². The Morgan fingerprint density at radius 2 is 1.66 bits per heavy atom. The molecule has 0 saturated heterocycles. The van der Waals surface area contributed by atoms with Gasteiger partial charge in [-0.15, -0.1) is 0 Å². The Kier molecular flexibility index (Phi) is 5.09. The van der Waals surface area contributed by atoms with Crippen LogP contribution in [-0.2, 0) is 20.5 Å². The molecule has 0 aliphatic heterocycles. The molecule has 1 aromatic heterocycles. The largest absolute Gasteiger partial charge is 0.435 e. The zero-order chi connectivity index (χ0) is 21.4. The summed E-state index contributed by atoms with van der Waals surface area (Å²) in [4.78, 5) is 10.3. The maximum absolute atomic E-state index is 13.2. The van der Waals surface area contributed by atoms with E-state index in [1.807, 2.05) is 6.92 Å². The summed E-state index contributed by atoms with van der Waals surface area (Å²) >= 11 is 0. The Bertz CT molecular complexity index is 1150. The SMILES string of the molecule is Cc1ccc(-c2cc(C(F)(F)F)nn2-c2ccc(S(=O)(=O)OC(N)=O)cc2)cc1. The van der Waals surface area contributed by atoms with Gasteiger partial charge in [0.05, 0.1) is 11.4 Å². The minimum atomic E-state index is -4.66. The van der Waals surface area contributed by atoms with Gasteiger partial charge in [-0.2, -0.15) is 26.7 Å². The van der Waals surface area contributed by atoms with E-state index >= 15 is 0 Å². The van der Waals surface area contributed by atoms with Crippen LogP contribution in [0.4, 0.5) is 18.0 Å². The Labute approximate surface area is 163 Å². The number of amides is 1. The lowest BCUT2D eigenvalue weighted by molar-refractivity contribution is -0.141. The summed E-state index contributed by atoms with van der Waals surface area (Å²) in [5.74, 6) is 0. The number of carbonyl (C=O) groups is 1. The third-order valence-electron chi connectivity index (χ3n) is 3.91. The first-order chi connectivity index (χ1) is 13.5. The molecular weight excluding hydrogens is 411 g/mol. The first-order valence-electron chi connectivity index (χ1n) is 8.06. The molecule has 2 N–H and O–H groups in total. The standard InChI is InChI=1S/C18H14F3N3O4S/c1-11-2-4-12(5-3-11)15-10-16(18(19,20)21)23-24(15)13-6-8-14(9-7-13)29(26,27)28-17(22)25/h2-10H,1H3,(H2,22,25). The summed E-state index contributed by atoms with van der Waals surface area (Å²) in [6, 6.07) is 12.3. The van der Waals surface area contributed by atoms with Gasteiger partial charge in [0.15, 0.2) is 5.69 Å². The third kappa shape index (κ3) is 4.40. The van der Waals surface area contributed by atoms with E-state index in [0.29, 0.717) is 5.56 Å². The molecule has 0 radical (unpaired) electrons. The molecule has 2 aromatic carbocycles. The molecule has 3 aromatic rings. The van der Waals surface area contributed by atoms with Crippen molar-refractivity contribution in [3.8, 4) is 16.9 Å². The Balaban J connectivity index is 2.09. The van der Waals surface area contributed by atoms with Crippen LogP contribution in [0.25, 0.3) is 16.9 Å². The van der Waals surface area contributed by atoms with Gasteiger partial charge in [-0.25, -0.2) is 9.48 Å². The summed E-state index contributed by atoms with van der Waals surface area (Å²) in [5, 5.41) is 3.63. The molecule has 1 amide bonds. The number of primary amides is 1. The van der Waals surface area contributed by atoms with Crippen molar-refractivity contribution in [2.24, 2.45) is 5.73 Å². The Morgan fingerprint density at radius 1 is 1.07 bits per heavy atom. The van der Waals surface area contributed by atoms with Crippen LogP contribution in [0, 0.1) is 6.92 Å². The predicted molar refractivity (Wildman–Crippen MR) is 96.6 cm³/mol. The number of carbonyl (C=O) groups excluding carboxylic acids is 1. The van der Waals surface area contributed by atoms with E-state index in [9.17, 15) is 26.4 Å². The van der Waals surface area contributed by atoms with Gasteiger partial charge >= 0.3 is 22.4 Å². The molecule has 0 bridgehead atoms. The lowest BCUT2D eigenvalue weighted by Gasteiger charge is -2.09. The number of aryl methyl sites for hydroxylation is 1. The van der Waals surface area contributed by atoms with Crippen molar-refractivity contribution in [2.75, 3.05) is 0 Å². The smallest absolute Gasteiger partial charge is 0.334 e. The molecule has 0 fully saturated rings. The highest BCUT2D eigenvalue weighted by atomic mass is 32.2. The van der Waals surface area contributed by atoms with Crippen molar-refractivity contribution >= 4 is 16.2 Å². The first kappa shape index (κ1) is 20.4. The number of hydrogen-bond donors (Lipinski definition) is 1. The second kappa shape index (κ2) is 7.24. The van der Waals surface area contributed by atoms with Crippen molar-refractivity contribution in [2.45, 2.75) is 18.0 Å². The second-order valence-electron chi connectivity index (χ2n) is 6.04. The van der Waals surface area contributed by atoms with Gasteiger partial charge < -0.3 is 9.92 Å². The second-order valence-corrected chi connectivity index (χ2v) is 7.59. The van der Waals surface area contributed by atoms with Crippen LogP contribution >= 0.6 is 0 Å². The number of hydrogen-bond acceptors (Lipinski definition) is 5.